The summed E-state index contributed by atoms with van der Waals surface area (Å²) in [5.41, 5.74) is 1.67. The van der Waals surface area contributed by atoms with Crippen molar-refractivity contribution in [1.29, 1.82) is 0 Å². The topological polar surface area (TPSA) is 102 Å². The van der Waals surface area contributed by atoms with Gasteiger partial charge in [0.1, 0.15) is 6.04 Å². The molecule has 1 fully saturated rings. The number of nitrogens with one attached hydrogen (secondary N) is 1. The molecule has 0 saturated carbocycles. The lowest BCUT2D eigenvalue weighted by atomic mass is 10.0. The van der Waals surface area contributed by atoms with Gasteiger partial charge in [0, 0.05) is 36.7 Å². The zero-order valence-corrected chi connectivity index (χ0v) is 21.2. The van der Waals surface area contributed by atoms with Crippen molar-refractivity contribution < 1.29 is 19.2 Å². The van der Waals surface area contributed by atoms with Gasteiger partial charge in [-0.3, -0.25) is 19.7 Å². The number of nitro benzene ring substituents is 1. The molecule has 1 atom stereocenters. The van der Waals surface area contributed by atoms with Crippen LogP contribution in [0.4, 0.5) is 5.69 Å². The Bertz CT molecular complexity index is 1120. The van der Waals surface area contributed by atoms with Gasteiger partial charge in [-0.1, -0.05) is 49.9 Å². The predicted molar refractivity (Wildman–Crippen MR) is 136 cm³/mol. The SMILES string of the molecule is CC(C)OC(=O)C1CN(C(=O)C=Cc2ccc(Sc3ccccc3C(C)C)c([N+](=O)[O-])c2)CCN1. The van der Waals surface area contributed by atoms with Crippen molar-refractivity contribution in [3.05, 3.63) is 69.8 Å². The Morgan fingerprint density at radius 1 is 1.17 bits per heavy atom. The minimum absolute atomic E-state index is 0.0122. The minimum atomic E-state index is -0.574. The van der Waals surface area contributed by atoms with Crippen LogP contribution in [0.3, 0.4) is 0 Å². The third kappa shape index (κ3) is 7.16. The Hall–Kier alpha value is -3.17. The van der Waals surface area contributed by atoms with E-state index in [0.717, 1.165) is 10.5 Å². The quantitative estimate of drug-likeness (QED) is 0.245. The van der Waals surface area contributed by atoms with Gasteiger partial charge in [-0.05, 0) is 49.1 Å². The van der Waals surface area contributed by atoms with Crippen molar-refractivity contribution in [2.24, 2.45) is 0 Å². The average Bonchev–Trinajstić information content (AvgIpc) is 2.83. The van der Waals surface area contributed by atoms with E-state index < -0.39 is 11.0 Å². The number of carbonyl (C=O) groups is 2. The highest BCUT2D eigenvalue weighted by Crippen LogP contribution is 2.39. The standard InChI is InChI=1S/C26H31N3O5S/c1-17(2)20-7-5-6-8-23(20)35-24-11-9-19(15-22(24)29(32)33)10-12-25(30)28-14-13-27-21(16-28)26(31)34-18(3)4/h5-12,15,17-18,21,27H,13-14,16H2,1-4H3. The number of amides is 1. The maximum Gasteiger partial charge on any atom is 0.325 e. The molecule has 1 unspecified atom stereocenters. The van der Waals surface area contributed by atoms with E-state index in [2.05, 4.69) is 19.2 Å². The highest BCUT2D eigenvalue weighted by molar-refractivity contribution is 7.99. The molecule has 1 saturated heterocycles. The maximum absolute atomic E-state index is 12.7. The van der Waals surface area contributed by atoms with Crippen molar-refractivity contribution in [1.82, 2.24) is 10.2 Å². The lowest BCUT2D eigenvalue weighted by Gasteiger charge is -2.32. The molecule has 0 radical (unpaired) electrons. The third-order valence-corrected chi connectivity index (χ3v) is 6.64. The molecule has 0 aromatic heterocycles. The largest absolute Gasteiger partial charge is 0.462 e. The summed E-state index contributed by atoms with van der Waals surface area (Å²) < 4.78 is 5.23. The van der Waals surface area contributed by atoms with Crippen LogP contribution >= 0.6 is 11.8 Å². The molecule has 1 aliphatic rings. The Balaban J connectivity index is 1.73. The summed E-state index contributed by atoms with van der Waals surface area (Å²) in [5, 5.41) is 14.9. The molecule has 3 rings (SSSR count). The molecule has 1 heterocycles. The van der Waals surface area contributed by atoms with Gasteiger partial charge in [0.15, 0.2) is 0 Å². The van der Waals surface area contributed by atoms with Crippen molar-refractivity contribution in [2.45, 2.75) is 55.5 Å². The number of benzene rings is 2. The number of nitro groups is 1. The van der Waals surface area contributed by atoms with E-state index in [-0.39, 0.29) is 30.2 Å². The van der Waals surface area contributed by atoms with Crippen molar-refractivity contribution >= 4 is 35.4 Å². The van der Waals surface area contributed by atoms with E-state index in [4.69, 9.17) is 4.74 Å². The summed E-state index contributed by atoms with van der Waals surface area (Å²) in [6, 6.07) is 12.3. The number of ether oxygens (including phenoxy) is 1. The van der Waals surface area contributed by atoms with Crippen LogP contribution in [0.15, 0.2) is 58.3 Å². The fourth-order valence-electron chi connectivity index (χ4n) is 3.73. The number of esters is 1. The first-order valence-corrected chi connectivity index (χ1v) is 12.4. The molecule has 35 heavy (non-hydrogen) atoms. The number of piperazine rings is 1. The van der Waals surface area contributed by atoms with Gasteiger partial charge < -0.3 is 15.0 Å². The van der Waals surface area contributed by atoms with Crippen LogP contribution in [0.2, 0.25) is 0 Å². The Kier molecular flexibility index (Phi) is 9.06. The molecule has 2 aromatic carbocycles. The molecular formula is C26H31N3O5S. The van der Waals surface area contributed by atoms with Crippen LogP contribution in [0.1, 0.15) is 44.7 Å². The van der Waals surface area contributed by atoms with E-state index in [1.54, 1.807) is 37.0 Å². The van der Waals surface area contributed by atoms with E-state index in [1.807, 2.05) is 24.3 Å². The molecule has 1 aliphatic heterocycles. The molecule has 0 bridgehead atoms. The molecule has 186 valence electrons. The van der Waals surface area contributed by atoms with E-state index >= 15 is 0 Å². The van der Waals surface area contributed by atoms with Gasteiger partial charge in [-0.15, -0.1) is 0 Å². The molecule has 9 heteroatoms. The van der Waals surface area contributed by atoms with Crippen molar-refractivity contribution in [2.75, 3.05) is 19.6 Å². The summed E-state index contributed by atoms with van der Waals surface area (Å²) in [7, 11) is 0. The van der Waals surface area contributed by atoms with Crippen LogP contribution < -0.4 is 5.32 Å². The van der Waals surface area contributed by atoms with Gasteiger partial charge >= 0.3 is 5.97 Å². The molecular weight excluding hydrogens is 466 g/mol. The predicted octanol–water partition coefficient (Wildman–Crippen LogP) is 4.63. The number of carbonyl (C=O) groups excluding carboxylic acids is 2. The molecule has 0 spiro atoms. The summed E-state index contributed by atoms with van der Waals surface area (Å²) in [4.78, 5) is 39.4. The number of hydrogen-bond donors (Lipinski definition) is 1. The number of hydrogen-bond acceptors (Lipinski definition) is 7. The Morgan fingerprint density at radius 2 is 1.91 bits per heavy atom. The third-order valence-electron chi connectivity index (χ3n) is 5.48. The van der Waals surface area contributed by atoms with Crippen LogP contribution in [0.25, 0.3) is 6.08 Å². The van der Waals surface area contributed by atoms with Crippen LogP contribution in [0, 0.1) is 10.1 Å². The second-order valence-electron chi connectivity index (χ2n) is 8.89. The fraction of sp³-hybridized carbons (Fsp3) is 0.385. The van der Waals surface area contributed by atoms with E-state index in [1.165, 1.54) is 23.9 Å². The summed E-state index contributed by atoms with van der Waals surface area (Å²) >= 11 is 1.37. The first-order valence-electron chi connectivity index (χ1n) is 11.6. The number of nitrogens with zero attached hydrogens (tertiary/aromatic N) is 2. The second kappa shape index (κ2) is 12.0. The molecule has 1 N–H and O–H groups in total. The monoisotopic (exact) mass is 497 g/mol. The van der Waals surface area contributed by atoms with Gasteiger partial charge in [0.25, 0.3) is 5.69 Å². The van der Waals surface area contributed by atoms with E-state index in [0.29, 0.717) is 29.5 Å². The first kappa shape index (κ1) is 26.4. The van der Waals surface area contributed by atoms with E-state index in [9.17, 15) is 19.7 Å². The summed E-state index contributed by atoms with van der Waals surface area (Å²) in [5.74, 6) is -0.354. The van der Waals surface area contributed by atoms with Gasteiger partial charge in [-0.2, -0.15) is 0 Å². The summed E-state index contributed by atoms with van der Waals surface area (Å²) in [6.45, 7) is 8.88. The van der Waals surface area contributed by atoms with Crippen LogP contribution in [-0.2, 0) is 14.3 Å². The van der Waals surface area contributed by atoms with Gasteiger partial charge in [0.2, 0.25) is 5.91 Å². The molecule has 1 amide bonds. The van der Waals surface area contributed by atoms with Crippen LogP contribution in [-0.4, -0.2) is 53.5 Å². The maximum atomic E-state index is 12.7. The van der Waals surface area contributed by atoms with Gasteiger partial charge in [-0.25, -0.2) is 0 Å². The molecule has 0 aliphatic carbocycles. The Labute approximate surface area is 209 Å². The lowest BCUT2D eigenvalue weighted by molar-refractivity contribution is -0.387. The van der Waals surface area contributed by atoms with Crippen LogP contribution in [0.5, 0.6) is 0 Å². The van der Waals surface area contributed by atoms with Gasteiger partial charge in [0.05, 0.1) is 15.9 Å². The Morgan fingerprint density at radius 3 is 2.60 bits per heavy atom. The normalized spacial score (nSPS) is 16.2. The van der Waals surface area contributed by atoms with Crippen molar-refractivity contribution in [3.8, 4) is 0 Å². The minimum Gasteiger partial charge on any atom is -0.462 e. The fourth-order valence-corrected chi connectivity index (χ4v) is 4.91. The average molecular weight is 498 g/mol. The lowest BCUT2D eigenvalue weighted by Crippen LogP contribution is -2.56. The first-order chi connectivity index (χ1) is 16.7. The smallest absolute Gasteiger partial charge is 0.325 e. The molecule has 2 aromatic rings. The zero-order valence-electron chi connectivity index (χ0n) is 20.4. The summed E-state index contributed by atoms with van der Waals surface area (Å²) in [6.07, 6.45) is 2.72. The highest BCUT2D eigenvalue weighted by atomic mass is 32.2. The molecule has 8 nitrogen and oxygen atoms in total. The number of rotatable bonds is 8. The van der Waals surface area contributed by atoms with Crippen molar-refractivity contribution in [3.63, 3.8) is 0 Å². The zero-order chi connectivity index (χ0) is 25.5. The highest BCUT2D eigenvalue weighted by Gasteiger charge is 2.28. The second-order valence-corrected chi connectivity index (χ2v) is 9.97.